The molecular formula is C16H14N2OS2. The second-order valence-electron chi connectivity index (χ2n) is 4.63. The molecule has 0 aliphatic carbocycles. The van der Waals surface area contributed by atoms with Crippen LogP contribution < -0.4 is 5.32 Å². The number of thiazole rings is 1. The molecule has 0 unspecified atom stereocenters. The van der Waals surface area contributed by atoms with E-state index in [-0.39, 0.29) is 5.91 Å². The Kier molecular flexibility index (Phi) is 4.13. The van der Waals surface area contributed by atoms with Crippen LogP contribution in [0, 0.1) is 6.92 Å². The highest BCUT2D eigenvalue weighted by molar-refractivity contribution is 7.10. The number of amides is 1. The SMILES string of the molecule is Cc1nc(-c2ccc(NC(=O)Cc3cccs3)cc2)cs1. The van der Waals surface area contributed by atoms with Gasteiger partial charge in [-0.15, -0.1) is 22.7 Å². The van der Waals surface area contributed by atoms with E-state index in [1.165, 1.54) is 0 Å². The Labute approximate surface area is 131 Å². The van der Waals surface area contributed by atoms with Crippen LogP contribution in [0.2, 0.25) is 0 Å². The van der Waals surface area contributed by atoms with Gasteiger partial charge in [-0.25, -0.2) is 4.98 Å². The predicted molar refractivity (Wildman–Crippen MR) is 88.9 cm³/mol. The van der Waals surface area contributed by atoms with E-state index in [9.17, 15) is 4.79 Å². The summed E-state index contributed by atoms with van der Waals surface area (Å²) in [5.41, 5.74) is 2.86. The summed E-state index contributed by atoms with van der Waals surface area (Å²) in [5, 5.41) is 7.99. The molecule has 0 bridgehead atoms. The van der Waals surface area contributed by atoms with Gasteiger partial charge in [0.25, 0.3) is 0 Å². The van der Waals surface area contributed by atoms with Crippen molar-refractivity contribution >= 4 is 34.3 Å². The molecule has 0 fully saturated rings. The Morgan fingerprint density at radius 3 is 2.62 bits per heavy atom. The van der Waals surface area contributed by atoms with E-state index in [1.54, 1.807) is 22.7 Å². The van der Waals surface area contributed by atoms with Crippen LogP contribution >= 0.6 is 22.7 Å². The minimum Gasteiger partial charge on any atom is -0.326 e. The van der Waals surface area contributed by atoms with E-state index in [0.29, 0.717) is 6.42 Å². The highest BCUT2D eigenvalue weighted by atomic mass is 32.1. The molecule has 1 N–H and O–H groups in total. The Hall–Kier alpha value is -1.98. The molecule has 0 saturated heterocycles. The summed E-state index contributed by atoms with van der Waals surface area (Å²) in [6.45, 7) is 1.99. The van der Waals surface area contributed by atoms with Crippen LogP contribution in [0.4, 0.5) is 5.69 Å². The van der Waals surface area contributed by atoms with Crippen molar-refractivity contribution in [2.45, 2.75) is 13.3 Å². The fourth-order valence-corrected chi connectivity index (χ4v) is 3.32. The number of thiophene rings is 1. The molecule has 0 saturated carbocycles. The third kappa shape index (κ3) is 3.56. The number of benzene rings is 1. The lowest BCUT2D eigenvalue weighted by Crippen LogP contribution is -2.13. The Bertz CT molecular complexity index is 730. The fraction of sp³-hybridized carbons (Fsp3) is 0.125. The van der Waals surface area contributed by atoms with Crippen LogP contribution in [-0.4, -0.2) is 10.9 Å². The average molecular weight is 314 g/mol. The maximum absolute atomic E-state index is 11.9. The van der Waals surface area contributed by atoms with Crippen molar-refractivity contribution in [3.63, 3.8) is 0 Å². The first-order chi connectivity index (χ1) is 10.2. The van der Waals surface area contributed by atoms with Crippen molar-refractivity contribution in [3.05, 3.63) is 57.0 Å². The maximum Gasteiger partial charge on any atom is 0.229 e. The Morgan fingerprint density at radius 1 is 1.19 bits per heavy atom. The first-order valence-corrected chi connectivity index (χ1v) is 8.31. The van der Waals surface area contributed by atoms with Gasteiger partial charge in [-0.3, -0.25) is 4.79 Å². The van der Waals surface area contributed by atoms with E-state index < -0.39 is 0 Å². The topological polar surface area (TPSA) is 42.0 Å². The van der Waals surface area contributed by atoms with Crippen LogP contribution in [0.15, 0.2) is 47.2 Å². The zero-order chi connectivity index (χ0) is 14.7. The zero-order valence-corrected chi connectivity index (χ0v) is 13.1. The summed E-state index contributed by atoms with van der Waals surface area (Å²) in [6, 6.07) is 11.7. The molecule has 1 amide bonds. The van der Waals surface area contributed by atoms with E-state index in [1.807, 2.05) is 54.1 Å². The Morgan fingerprint density at radius 2 is 2.00 bits per heavy atom. The van der Waals surface area contributed by atoms with Crippen molar-refractivity contribution < 1.29 is 4.79 Å². The molecule has 0 aliphatic heterocycles. The first kappa shape index (κ1) is 14.0. The molecule has 1 aromatic carbocycles. The van der Waals surface area contributed by atoms with Crippen molar-refractivity contribution in [3.8, 4) is 11.3 Å². The number of rotatable bonds is 4. The van der Waals surface area contributed by atoms with E-state index in [0.717, 1.165) is 26.8 Å². The minimum absolute atomic E-state index is 0.00898. The highest BCUT2D eigenvalue weighted by Crippen LogP contribution is 2.23. The zero-order valence-electron chi connectivity index (χ0n) is 11.5. The van der Waals surface area contributed by atoms with Gasteiger partial charge in [-0.2, -0.15) is 0 Å². The van der Waals surface area contributed by atoms with Gasteiger partial charge in [0.2, 0.25) is 5.91 Å². The van der Waals surface area contributed by atoms with Crippen LogP contribution in [0.3, 0.4) is 0 Å². The Balaban J connectivity index is 1.65. The van der Waals surface area contributed by atoms with Crippen molar-refractivity contribution in [1.29, 1.82) is 0 Å². The number of aryl methyl sites for hydroxylation is 1. The molecule has 0 atom stereocenters. The molecule has 106 valence electrons. The summed E-state index contributed by atoms with van der Waals surface area (Å²) in [7, 11) is 0. The summed E-state index contributed by atoms with van der Waals surface area (Å²) in [5.74, 6) is 0.00898. The molecule has 0 radical (unpaired) electrons. The van der Waals surface area contributed by atoms with Gasteiger partial charge in [0.15, 0.2) is 0 Å². The molecular weight excluding hydrogens is 300 g/mol. The first-order valence-electron chi connectivity index (χ1n) is 6.55. The fourth-order valence-electron chi connectivity index (χ4n) is 2.00. The lowest BCUT2D eigenvalue weighted by Gasteiger charge is -2.05. The number of aromatic nitrogens is 1. The van der Waals surface area contributed by atoms with E-state index in [2.05, 4.69) is 10.3 Å². The third-order valence-electron chi connectivity index (χ3n) is 3.00. The largest absolute Gasteiger partial charge is 0.326 e. The van der Waals surface area contributed by atoms with Gasteiger partial charge in [-0.1, -0.05) is 18.2 Å². The molecule has 3 rings (SSSR count). The van der Waals surface area contributed by atoms with Gasteiger partial charge in [0, 0.05) is 21.5 Å². The molecule has 2 heterocycles. The normalized spacial score (nSPS) is 10.5. The summed E-state index contributed by atoms with van der Waals surface area (Å²) < 4.78 is 0. The van der Waals surface area contributed by atoms with Gasteiger partial charge >= 0.3 is 0 Å². The third-order valence-corrected chi connectivity index (χ3v) is 4.65. The molecule has 3 nitrogen and oxygen atoms in total. The van der Waals surface area contributed by atoms with Crippen molar-refractivity contribution in [2.24, 2.45) is 0 Å². The molecule has 0 spiro atoms. The number of anilines is 1. The number of carbonyl (C=O) groups is 1. The quantitative estimate of drug-likeness (QED) is 0.777. The van der Waals surface area contributed by atoms with E-state index in [4.69, 9.17) is 0 Å². The smallest absolute Gasteiger partial charge is 0.229 e. The van der Waals surface area contributed by atoms with Gasteiger partial charge in [0.05, 0.1) is 17.1 Å². The number of hydrogen-bond acceptors (Lipinski definition) is 4. The monoisotopic (exact) mass is 314 g/mol. The van der Waals surface area contributed by atoms with Crippen LogP contribution in [-0.2, 0) is 11.2 Å². The van der Waals surface area contributed by atoms with Crippen molar-refractivity contribution in [1.82, 2.24) is 4.98 Å². The maximum atomic E-state index is 11.9. The van der Waals surface area contributed by atoms with Crippen LogP contribution in [0.25, 0.3) is 11.3 Å². The average Bonchev–Trinajstić information content (AvgIpc) is 3.11. The van der Waals surface area contributed by atoms with Crippen LogP contribution in [0.5, 0.6) is 0 Å². The summed E-state index contributed by atoms with van der Waals surface area (Å²) >= 11 is 3.23. The van der Waals surface area contributed by atoms with Gasteiger partial charge < -0.3 is 5.32 Å². The molecule has 21 heavy (non-hydrogen) atoms. The lowest BCUT2D eigenvalue weighted by molar-refractivity contribution is -0.115. The highest BCUT2D eigenvalue weighted by Gasteiger charge is 2.06. The number of carbonyl (C=O) groups excluding carboxylic acids is 1. The standard InChI is InChI=1S/C16H14N2OS2/c1-11-17-15(10-21-11)12-4-6-13(7-5-12)18-16(19)9-14-3-2-8-20-14/h2-8,10H,9H2,1H3,(H,18,19). The summed E-state index contributed by atoms with van der Waals surface area (Å²) in [6.07, 6.45) is 0.421. The van der Waals surface area contributed by atoms with Gasteiger partial charge in [-0.05, 0) is 30.5 Å². The predicted octanol–water partition coefficient (Wildman–Crippen LogP) is 4.36. The van der Waals surface area contributed by atoms with E-state index >= 15 is 0 Å². The minimum atomic E-state index is 0.00898. The summed E-state index contributed by atoms with van der Waals surface area (Å²) in [4.78, 5) is 17.4. The number of hydrogen-bond donors (Lipinski definition) is 1. The molecule has 0 aliphatic rings. The lowest BCUT2D eigenvalue weighted by atomic mass is 10.1. The number of nitrogens with one attached hydrogen (secondary N) is 1. The van der Waals surface area contributed by atoms with Crippen molar-refractivity contribution in [2.75, 3.05) is 5.32 Å². The molecule has 3 aromatic rings. The van der Waals surface area contributed by atoms with Gasteiger partial charge in [0.1, 0.15) is 0 Å². The number of nitrogens with zero attached hydrogens (tertiary/aromatic N) is 1. The van der Waals surface area contributed by atoms with Crippen LogP contribution in [0.1, 0.15) is 9.88 Å². The second-order valence-corrected chi connectivity index (χ2v) is 6.73. The molecule has 2 aromatic heterocycles. The second kappa shape index (κ2) is 6.20. The molecule has 5 heteroatoms.